The Bertz CT molecular complexity index is 700. The molecule has 0 spiro atoms. The van der Waals surface area contributed by atoms with Gasteiger partial charge < -0.3 is 0 Å². The molecule has 2 aliphatic rings. The SMILES string of the molecule is O=C1CSC(=O)N1C1CN(S(=O)(=O)c2cccc(Cl)c2)C1. The van der Waals surface area contributed by atoms with Crippen LogP contribution in [0.3, 0.4) is 0 Å². The molecule has 2 fully saturated rings. The van der Waals surface area contributed by atoms with E-state index in [0.717, 1.165) is 16.7 Å². The molecule has 112 valence electrons. The highest BCUT2D eigenvalue weighted by molar-refractivity contribution is 8.14. The van der Waals surface area contributed by atoms with Gasteiger partial charge in [-0.15, -0.1) is 0 Å². The maximum absolute atomic E-state index is 12.4. The van der Waals surface area contributed by atoms with Crippen molar-refractivity contribution in [1.29, 1.82) is 0 Å². The van der Waals surface area contributed by atoms with E-state index in [4.69, 9.17) is 11.6 Å². The lowest BCUT2D eigenvalue weighted by Gasteiger charge is -2.41. The Labute approximate surface area is 131 Å². The zero-order valence-corrected chi connectivity index (χ0v) is 13.1. The number of carbonyl (C=O) groups excluding carboxylic acids is 2. The van der Waals surface area contributed by atoms with E-state index in [0.29, 0.717) is 5.02 Å². The van der Waals surface area contributed by atoms with Crippen molar-refractivity contribution in [2.45, 2.75) is 10.9 Å². The highest BCUT2D eigenvalue weighted by atomic mass is 35.5. The van der Waals surface area contributed by atoms with Gasteiger partial charge in [-0.2, -0.15) is 4.31 Å². The summed E-state index contributed by atoms with van der Waals surface area (Å²) < 4.78 is 26.0. The van der Waals surface area contributed by atoms with Gasteiger partial charge in [0.25, 0.3) is 5.24 Å². The normalized spacial score (nSPS) is 20.9. The van der Waals surface area contributed by atoms with Crippen LogP contribution in [0.1, 0.15) is 0 Å². The van der Waals surface area contributed by atoms with Crippen molar-refractivity contribution in [3.05, 3.63) is 29.3 Å². The Hall–Kier alpha value is -1.09. The number of nitrogens with zero attached hydrogens (tertiary/aromatic N) is 2. The molecular formula is C12H11ClN2O4S2. The van der Waals surface area contributed by atoms with Gasteiger partial charge in [-0.3, -0.25) is 14.5 Å². The largest absolute Gasteiger partial charge is 0.289 e. The molecule has 0 N–H and O–H groups in total. The maximum atomic E-state index is 12.4. The molecule has 6 nitrogen and oxygen atoms in total. The molecule has 1 aromatic rings. The number of amides is 2. The van der Waals surface area contributed by atoms with E-state index in [9.17, 15) is 18.0 Å². The highest BCUT2D eigenvalue weighted by Gasteiger charge is 2.45. The molecule has 0 unspecified atom stereocenters. The van der Waals surface area contributed by atoms with Crippen LogP contribution < -0.4 is 0 Å². The Morgan fingerprint density at radius 3 is 2.52 bits per heavy atom. The fourth-order valence-corrected chi connectivity index (χ4v) is 4.86. The number of sulfonamides is 1. The zero-order chi connectivity index (χ0) is 15.2. The number of benzene rings is 1. The third-order valence-corrected chi connectivity index (χ3v) is 6.31. The van der Waals surface area contributed by atoms with Gasteiger partial charge in [0, 0.05) is 18.1 Å². The second-order valence-corrected chi connectivity index (χ2v) is 8.05. The van der Waals surface area contributed by atoms with E-state index in [1.807, 2.05) is 0 Å². The lowest BCUT2D eigenvalue weighted by atomic mass is 10.1. The first-order valence-corrected chi connectivity index (χ1v) is 8.94. The predicted octanol–water partition coefficient (Wildman–Crippen LogP) is 1.41. The van der Waals surface area contributed by atoms with Gasteiger partial charge in [0.2, 0.25) is 15.9 Å². The molecule has 2 heterocycles. The van der Waals surface area contributed by atoms with Crippen LogP contribution in [-0.4, -0.2) is 53.7 Å². The molecule has 2 aliphatic heterocycles. The molecule has 0 bridgehead atoms. The summed E-state index contributed by atoms with van der Waals surface area (Å²) in [6.45, 7) is 0.264. The van der Waals surface area contributed by atoms with Crippen LogP contribution in [0.5, 0.6) is 0 Å². The Morgan fingerprint density at radius 1 is 1.24 bits per heavy atom. The summed E-state index contributed by atoms with van der Waals surface area (Å²) >= 11 is 6.75. The first kappa shape index (κ1) is 14.8. The topological polar surface area (TPSA) is 74.8 Å². The van der Waals surface area contributed by atoms with Crippen LogP contribution in [0.15, 0.2) is 29.2 Å². The van der Waals surface area contributed by atoms with Crippen molar-refractivity contribution in [3.8, 4) is 0 Å². The number of hydrogen-bond donors (Lipinski definition) is 0. The van der Waals surface area contributed by atoms with E-state index in [2.05, 4.69) is 0 Å². The van der Waals surface area contributed by atoms with Crippen LogP contribution in [-0.2, 0) is 14.8 Å². The highest BCUT2D eigenvalue weighted by Crippen LogP contribution is 2.30. The summed E-state index contributed by atoms with van der Waals surface area (Å²) in [7, 11) is -3.63. The lowest BCUT2D eigenvalue weighted by Crippen LogP contribution is -2.61. The molecule has 2 amide bonds. The molecule has 0 aliphatic carbocycles. The molecular weight excluding hydrogens is 336 g/mol. The minimum atomic E-state index is -3.63. The quantitative estimate of drug-likeness (QED) is 0.827. The number of hydrogen-bond acceptors (Lipinski definition) is 5. The molecule has 3 rings (SSSR count). The van der Waals surface area contributed by atoms with Gasteiger partial charge in [0.05, 0.1) is 16.7 Å². The van der Waals surface area contributed by atoms with Gasteiger partial charge in [-0.05, 0) is 18.2 Å². The summed E-state index contributed by atoms with van der Waals surface area (Å²) in [5.41, 5.74) is 0. The maximum Gasteiger partial charge on any atom is 0.289 e. The zero-order valence-electron chi connectivity index (χ0n) is 10.7. The third kappa shape index (κ3) is 2.57. The molecule has 0 aromatic heterocycles. The molecule has 21 heavy (non-hydrogen) atoms. The molecule has 0 radical (unpaired) electrons. The van der Waals surface area contributed by atoms with E-state index in [-0.39, 0.29) is 40.9 Å². The predicted molar refractivity (Wildman–Crippen MR) is 78.7 cm³/mol. The standard InChI is InChI=1S/C12H11ClN2O4S2/c13-8-2-1-3-10(4-8)21(18,19)14-5-9(6-14)15-11(16)7-20-12(15)17/h1-4,9H,5-7H2. The van der Waals surface area contributed by atoms with Crippen molar-refractivity contribution in [2.24, 2.45) is 0 Å². The molecule has 2 saturated heterocycles. The summed E-state index contributed by atoms with van der Waals surface area (Å²) in [4.78, 5) is 24.4. The van der Waals surface area contributed by atoms with Gasteiger partial charge in [0.15, 0.2) is 0 Å². The van der Waals surface area contributed by atoms with Crippen LogP contribution in [0.4, 0.5) is 4.79 Å². The number of carbonyl (C=O) groups is 2. The van der Waals surface area contributed by atoms with Crippen LogP contribution >= 0.6 is 23.4 Å². The fraction of sp³-hybridized carbons (Fsp3) is 0.333. The van der Waals surface area contributed by atoms with E-state index in [1.165, 1.54) is 16.4 Å². The Kier molecular flexibility index (Phi) is 3.73. The van der Waals surface area contributed by atoms with Crippen LogP contribution in [0, 0.1) is 0 Å². The summed E-state index contributed by atoms with van der Waals surface area (Å²) in [6, 6.07) is 5.64. The van der Waals surface area contributed by atoms with Crippen molar-refractivity contribution in [3.63, 3.8) is 0 Å². The number of imide groups is 1. The Morgan fingerprint density at radius 2 is 1.95 bits per heavy atom. The number of rotatable bonds is 3. The monoisotopic (exact) mass is 346 g/mol. The third-order valence-electron chi connectivity index (χ3n) is 3.41. The number of thioether (sulfide) groups is 1. The summed E-state index contributed by atoms with van der Waals surface area (Å²) in [5, 5.41) is 0.0410. The molecule has 9 heteroatoms. The lowest BCUT2D eigenvalue weighted by molar-refractivity contribution is -0.127. The first-order valence-electron chi connectivity index (χ1n) is 6.14. The minimum Gasteiger partial charge on any atom is -0.273 e. The molecule has 0 atom stereocenters. The average Bonchev–Trinajstić information content (AvgIpc) is 2.69. The van der Waals surface area contributed by atoms with Crippen molar-refractivity contribution >= 4 is 44.5 Å². The Balaban J connectivity index is 1.74. The summed E-state index contributed by atoms with van der Waals surface area (Å²) in [5.74, 6) is -0.120. The second kappa shape index (κ2) is 5.28. The van der Waals surface area contributed by atoms with E-state index in [1.54, 1.807) is 12.1 Å². The smallest absolute Gasteiger partial charge is 0.273 e. The van der Waals surface area contributed by atoms with E-state index >= 15 is 0 Å². The van der Waals surface area contributed by atoms with Gasteiger partial charge in [-0.1, -0.05) is 29.4 Å². The average molecular weight is 347 g/mol. The van der Waals surface area contributed by atoms with Crippen molar-refractivity contribution in [2.75, 3.05) is 18.8 Å². The number of halogens is 1. The first-order chi connectivity index (χ1) is 9.89. The van der Waals surface area contributed by atoms with Crippen molar-refractivity contribution in [1.82, 2.24) is 9.21 Å². The van der Waals surface area contributed by atoms with Crippen LogP contribution in [0.2, 0.25) is 5.02 Å². The van der Waals surface area contributed by atoms with Gasteiger partial charge in [0.1, 0.15) is 0 Å². The second-order valence-electron chi connectivity index (χ2n) is 4.75. The van der Waals surface area contributed by atoms with Gasteiger partial charge in [-0.25, -0.2) is 8.42 Å². The fourth-order valence-electron chi connectivity index (χ4n) is 2.27. The summed E-state index contributed by atoms with van der Waals surface area (Å²) in [6.07, 6.45) is 0. The van der Waals surface area contributed by atoms with Gasteiger partial charge >= 0.3 is 0 Å². The molecule has 0 saturated carbocycles. The van der Waals surface area contributed by atoms with Crippen molar-refractivity contribution < 1.29 is 18.0 Å². The van der Waals surface area contributed by atoms with E-state index < -0.39 is 10.0 Å². The minimum absolute atomic E-state index is 0.113. The van der Waals surface area contributed by atoms with Crippen LogP contribution in [0.25, 0.3) is 0 Å². The molecule has 1 aromatic carbocycles.